The van der Waals surface area contributed by atoms with Crippen LogP contribution in [0.2, 0.25) is 5.02 Å². The summed E-state index contributed by atoms with van der Waals surface area (Å²) in [4.78, 5) is 2.25. The molecule has 0 heterocycles. The molecule has 2 rings (SSSR count). The van der Waals surface area contributed by atoms with Crippen molar-refractivity contribution < 1.29 is 0 Å². The monoisotopic (exact) mass is 288 g/mol. The van der Waals surface area contributed by atoms with Crippen molar-refractivity contribution in [3.05, 3.63) is 70.7 Å². The van der Waals surface area contributed by atoms with Gasteiger partial charge in [0.2, 0.25) is 0 Å². The second kappa shape index (κ2) is 6.89. The second-order valence-electron chi connectivity index (χ2n) is 5.23. The van der Waals surface area contributed by atoms with Crippen LogP contribution in [-0.2, 0) is 6.54 Å². The van der Waals surface area contributed by atoms with E-state index in [1.54, 1.807) is 0 Å². The van der Waals surface area contributed by atoms with E-state index in [9.17, 15) is 0 Å². The molecular formula is C17H21ClN2. The molecule has 2 aromatic rings. The van der Waals surface area contributed by atoms with Gasteiger partial charge < -0.3 is 5.73 Å². The van der Waals surface area contributed by atoms with Gasteiger partial charge in [0.25, 0.3) is 0 Å². The Kier molecular flexibility index (Phi) is 5.18. The molecule has 20 heavy (non-hydrogen) atoms. The molecule has 2 nitrogen and oxygen atoms in total. The summed E-state index contributed by atoms with van der Waals surface area (Å²) in [6, 6.07) is 18.4. The Hall–Kier alpha value is -1.35. The molecule has 2 aromatic carbocycles. The lowest BCUT2D eigenvalue weighted by Gasteiger charge is -2.32. The van der Waals surface area contributed by atoms with Crippen LogP contribution in [0.5, 0.6) is 0 Å². The van der Waals surface area contributed by atoms with Crippen LogP contribution < -0.4 is 5.73 Å². The van der Waals surface area contributed by atoms with E-state index in [1.807, 2.05) is 31.2 Å². The van der Waals surface area contributed by atoms with Crippen molar-refractivity contribution in [1.29, 1.82) is 0 Å². The van der Waals surface area contributed by atoms with Crippen molar-refractivity contribution in [3.8, 4) is 0 Å². The van der Waals surface area contributed by atoms with Crippen molar-refractivity contribution in [3.63, 3.8) is 0 Å². The second-order valence-corrected chi connectivity index (χ2v) is 5.63. The topological polar surface area (TPSA) is 29.3 Å². The van der Waals surface area contributed by atoms with Crippen molar-refractivity contribution in [2.75, 3.05) is 7.05 Å². The van der Waals surface area contributed by atoms with Gasteiger partial charge in [0.05, 0.1) is 6.04 Å². The molecule has 0 aliphatic rings. The lowest BCUT2D eigenvalue weighted by atomic mass is 9.99. The lowest BCUT2D eigenvalue weighted by molar-refractivity contribution is 0.211. The van der Waals surface area contributed by atoms with Crippen LogP contribution in [-0.4, -0.2) is 18.0 Å². The summed E-state index contributed by atoms with van der Waals surface area (Å²) in [6.07, 6.45) is 0. The SMILES string of the molecule is CC(N)C(c1ccccc1Cl)N(C)Cc1ccccc1. The van der Waals surface area contributed by atoms with E-state index in [4.69, 9.17) is 17.3 Å². The average molecular weight is 289 g/mol. The average Bonchev–Trinajstić information content (AvgIpc) is 2.42. The predicted octanol–water partition coefficient (Wildman–Crippen LogP) is 3.86. The number of nitrogens with two attached hydrogens (primary N) is 1. The minimum atomic E-state index is 0.00334. The number of rotatable bonds is 5. The highest BCUT2D eigenvalue weighted by Crippen LogP contribution is 2.29. The smallest absolute Gasteiger partial charge is 0.0511 e. The van der Waals surface area contributed by atoms with Gasteiger partial charge in [0, 0.05) is 17.6 Å². The Bertz CT molecular complexity index is 540. The fourth-order valence-corrected chi connectivity index (χ4v) is 2.85. The number of likely N-dealkylation sites (N-methyl/N-ethyl adjacent to an activating group) is 1. The third-order valence-electron chi connectivity index (χ3n) is 3.47. The number of halogens is 1. The molecule has 0 aliphatic heterocycles. The zero-order chi connectivity index (χ0) is 14.5. The van der Waals surface area contributed by atoms with Crippen molar-refractivity contribution in [2.45, 2.75) is 25.6 Å². The van der Waals surface area contributed by atoms with Crippen LogP contribution in [0.3, 0.4) is 0 Å². The van der Waals surface area contributed by atoms with Crippen molar-refractivity contribution in [1.82, 2.24) is 4.90 Å². The zero-order valence-corrected chi connectivity index (χ0v) is 12.7. The van der Waals surface area contributed by atoms with Crippen LogP contribution in [0.4, 0.5) is 0 Å². The Morgan fingerprint density at radius 1 is 1.05 bits per heavy atom. The molecule has 0 saturated heterocycles. The lowest BCUT2D eigenvalue weighted by Crippen LogP contribution is -2.37. The molecule has 106 valence electrons. The molecule has 0 fully saturated rings. The molecule has 0 saturated carbocycles. The molecule has 0 aromatic heterocycles. The fraction of sp³-hybridized carbons (Fsp3) is 0.294. The maximum absolute atomic E-state index is 6.33. The Balaban J connectivity index is 2.23. The summed E-state index contributed by atoms with van der Waals surface area (Å²) in [6.45, 7) is 2.87. The minimum absolute atomic E-state index is 0.00334. The van der Waals surface area contributed by atoms with Gasteiger partial charge in [0.15, 0.2) is 0 Å². The van der Waals surface area contributed by atoms with Crippen molar-refractivity contribution >= 4 is 11.6 Å². The van der Waals surface area contributed by atoms with Crippen molar-refractivity contribution in [2.24, 2.45) is 5.73 Å². The largest absolute Gasteiger partial charge is 0.326 e. The molecule has 2 unspecified atom stereocenters. The first-order chi connectivity index (χ1) is 9.59. The first-order valence-electron chi connectivity index (χ1n) is 6.83. The van der Waals surface area contributed by atoms with Gasteiger partial charge in [-0.05, 0) is 31.2 Å². The van der Waals surface area contributed by atoms with Gasteiger partial charge >= 0.3 is 0 Å². The maximum Gasteiger partial charge on any atom is 0.0511 e. The molecule has 2 N–H and O–H groups in total. The quantitative estimate of drug-likeness (QED) is 0.905. The van der Waals surface area contributed by atoms with E-state index in [0.29, 0.717) is 0 Å². The van der Waals surface area contributed by atoms with E-state index in [-0.39, 0.29) is 12.1 Å². The van der Waals surface area contributed by atoms with Crippen LogP contribution in [0.15, 0.2) is 54.6 Å². The Morgan fingerprint density at radius 3 is 2.25 bits per heavy atom. The van der Waals surface area contributed by atoms with Crippen LogP contribution in [0.25, 0.3) is 0 Å². The summed E-state index contributed by atoms with van der Waals surface area (Å²) in [5.74, 6) is 0. The number of hydrogen-bond acceptors (Lipinski definition) is 2. The highest BCUT2D eigenvalue weighted by Gasteiger charge is 2.23. The number of hydrogen-bond donors (Lipinski definition) is 1. The van der Waals surface area contributed by atoms with Gasteiger partial charge in [-0.25, -0.2) is 0 Å². The summed E-state index contributed by atoms with van der Waals surface area (Å²) in [5.41, 5.74) is 8.55. The highest BCUT2D eigenvalue weighted by atomic mass is 35.5. The first-order valence-corrected chi connectivity index (χ1v) is 7.21. The molecule has 0 spiro atoms. The highest BCUT2D eigenvalue weighted by molar-refractivity contribution is 6.31. The normalized spacial score (nSPS) is 14.2. The maximum atomic E-state index is 6.33. The molecule has 0 bridgehead atoms. The van der Waals surface area contributed by atoms with E-state index in [1.165, 1.54) is 5.56 Å². The summed E-state index contributed by atoms with van der Waals surface area (Å²) < 4.78 is 0. The molecule has 3 heteroatoms. The third-order valence-corrected chi connectivity index (χ3v) is 3.82. The Labute approximate surface area is 126 Å². The zero-order valence-electron chi connectivity index (χ0n) is 12.0. The van der Waals surface area contributed by atoms with E-state index < -0.39 is 0 Å². The summed E-state index contributed by atoms with van der Waals surface area (Å²) in [7, 11) is 2.09. The van der Waals surface area contributed by atoms with Gasteiger partial charge in [-0.15, -0.1) is 0 Å². The molecule has 0 amide bonds. The summed E-state index contributed by atoms with van der Waals surface area (Å²) >= 11 is 6.33. The standard InChI is InChI=1S/C17H21ClN2/c1-13(19)17(15-10-6-7-11-16(15)18)20(2)12-14-8-4-3-5-9-14/h3-11,13,17H,12,19H2,1-2H3. The van der Waals surface area contributed by atoms with E-state index in [0.717, 1.165) is 17.1 Å². The third kappa shape index (κ3) is 3.60. The molecular weight excluding hydrogens is 268 g/mol. The van der Waals surface area contributed by atoms with Crippen LogP contribution in [0, 0.1) is 0 Å². The van der Waals surface area contributed by atoms with Crippen LogP contribution in [0.1, 0.15) is 24.1 Å². The number of nitrogens with zero attached hydrogens (tertiary/aromatic N) is 1. The molecule has 0 radical (unpaired) electrons. The minimum Gasteiger partial charge on any atom is -0.326 e. The van der Waals surface area contributed by atoms with Gasteiger partial charge in [0.1, 0.15) is 0 Å². The summed E-state index contributed by atoms with van der Waals surface area (Å²) in [5, 5.41) is 0.773. The van der Waals surface area contributed by atoms with E-state index >= 15 is 0 Å². The number of benzene rings is 2. The van der Waals surface area contributed by atoms with Gasteiger partial charge in [-0.3, -0.25) is 4.90 Å². The molecule has 0 aliphatic carbocycles. The predicted molar refractivity (Wildman–Crippen MR) is 85.8 cm³/mol. The molecule has 2 atom stereocenters. The van der Waals surface area contributed by atoms with Gasteiger partial charge in [-0.1, -0.05) is 60.1 Å². The van der Waals surface area contributed by atoms with Crippen LogP contribution >= 0.6 is 11.6 Å². The van der Waals surface area contributed by atoms with E-state index in [2.05, 4.69) is 42.3 Å². The first kappa shape index (κ1) is 15.0. The van der Waals surface area contributed by atoms with Gasteiger partial charge in [-0.2, -0.15) is 0 Å². The Morgan fingerprint density at radius 2 is 1.65 bits per heavy atom. The fourth-order valence-electron chi connectivity index (χ4n) is 2.61.